The van der Waals surface area contributed by atoms with Crippen LogP contribution in [-0.4, -0.2) is 125 Å². The second-order valence-corrected chi connectivity index (χ2v) is 10.5. The molecule has 0 bridgehead atoms. The lowest BCUT2D eigenvalue weighted by Gasteiger charge is -2.45. The zero-order chi connectivity index (χ0) is 31.9. The van der Waals surface area contributed by atoms with E-state index in [1.165, 1.54) is 30.3 Å². The van der Waals surface area contributed by atoms with Gasteiger partial charge in [-0.05, 0) is 18.2 Å². The monoisotopic (exact) mass is 625 g/mol. The molecule has 0 saturated carbocycles. The summed E-state index contributed by atoms with van der Waals surface area (Å²) in [6.07, 6.45) is -14.4. The average Bonchev–Trinajstić information content (AvgIpc) is 2.97. The highest BCUT2D eigenvalue weighted by Crippen LogP contribution is 2.46. The third-order valence-corrected chi connectivity index (χ3v) is 7.35. The van der Waals surface area contributed by atoms with Crippen molar-refractivity contribution >= 4 is 12.0 Å². The van der Waals surface area contributed by atoms with E-state index in [1.54, 1.807) is 0 Å². The predicted octanol–water partition coefficient (Wildman–Crippen LogP) is -1.30. The number of aliphatic hydroxyl groups excluding tert-OH is 5. The van der Waals surface area contributed by atoms with Crippen molar-refractivity contribution in [2.24, 2.45) is 0 Å². The normalized spacial score (nSPS) is 33.5. The number of phenolic OH excluding ortho intramolecular Hbond substituents is 4. The number of aliphatic hydroxyl groups is 6. The predicted molar refractivity (Wildman–Crippen MR) is 143 cm³/mol. The number of hydrogen-bond donors (Lipinski definition) is 9. The van der Waals surface area contributed by atoms with Gasteiger partial charge in [-0.2, -0.15) is 0 Å². The molecule has 240 valence electrons. The Bertz CT molecular complexity index is 1400. The number of aromatic hydroxyl groups is 5. The summed E-state index contributed by atoms with van der Waals surface area (Å²) in [6.45, 7) is 0.186. The Morgan fingerprint density at radius 3 is 2.36 bits per heavy atom. The quantitative estimate of drug-likeness (QED) is 0.0984. The number of ether oxygens (including phenoxy) is 6. The van der Waals surface area contributed by atoms with Crippen LogP contribution in [0.4, 0.5) is 0 Å². The molecule has 0 aromatic heterocycles. The van der Waals surface area contributed by atoms with Gasteiger partial charge in [0.25, 0.3) is 11.9 Å². The van der Waals surface area contributed by atoms with Gasteiger partial charge >= 0.3 is 5.97 Å². The Morgan fingerprint density at radius 1 is 0.909 bits per heavy atom. The van der Waals surface area contributed by atoms with E-state index in [0.29, 0.717) is 0 Å². The highest BCUT2D eigenvalue weighted by molar-refractivity contribution is 5.69. The second kappa shape index (κ2) is 12.6. The summed E-state index contributed by atoms with van der Waals surface area (Å²) in [6, 6.07) is 6.16. The standard InChI is InChI=1S/C28H32O16/c1-10(29)39-9-20-22(36)23(37)26(44-27-24(38)21(35)17(34)8-40-27)28(43-20)42-19-7-13-15(32)5-12(30)6-18(13)41-25(19)11-2-3-14(31)16(33)4-11/h2-7,17,20-28,30-38H,8-9H2,1H3/p+1/t17-,20-,21+,22+,23+,24-,25?,26-,27+,28-/m1/s1. The minimum absolute atomic E-state index is 0.0717. The Hall–Kier alpha value is -3.87. The van der Waals surface area contributed by atoms with Crippen molar-refractivity contribution in [1.82, 2.24) is 0 Å². The Balaban J connectivity index is 1.52. The van der Waals surface area contributed by atoms with Crippen LogP contribution in [0.25, 0.3) is 6.08 Å². The number of esters is 1. The van der Waals surface area contributed by atoms with Crippen molar-refractivity contribution in [2.75, 3.05) is 13.2 Å². The summed E-state index contributed by atoms with van der Waals surface area (Å²) < 4.78 is 32.5. The number of rotatable bonds is 7. The topological polar surface area (TPSA) is 258 Å². The summed E-state index contributed by atoms with van der Waals surface area (Å²) in [5.74, 6) is -2.20. The molecule has 10 N–H and O–H groups in total. The first-order chi connectivity index (χ1) is 20.8. The van der Waals surface area contributed by atoms with Crippen molar-refractivity contribution < 1.29 is 79.2 Å². The first kappa shape index (κ1) is 31.6. The van der Waals surface area contributed by atoms with E-state index in [-0.39, 0.29) is 34.1 Å². The minimum atomic E-state index is -1.82. The average molecular weight is 626 g/mol. The number of benzene rings is 2. The Kier molecular flexibility index (Phi) is 9.05. The molecule has 5 rings (SSSR count). The molecule has 0 amide bonds. The van der Waals surface area contributed by atoms with Crippen molar-refractivity contribution in [3.63, 3.8) is 0 Å². The van der Waals surface area contributed by atoms with Gasteiger partial charge in [0.15, 0.2) is 29.7 Å². The molecule has 2 saturated heterocycles. The van der Waals surface area contributed by atoms with E-state index < -0.39 is 92.1 Å². The Morgan fingerprint density at radius 2 is 1.66 bits per heavy atom. The molecule has 10 atom stereocenters. The SMILES string of the molecule is CC(=O)OC[C@H]1O[C@@H](OC2=Cc3c(O)cc(O)cc3[OH+]C2c2ccc(O)c(O)c2)[C@H](O[C@@H]2OC[C@@H](O)[C@H](O)[C@H]2O)[C@@H](O)[C@H]1O. The van der Waals surface area contributed by atoms with Crippen LogP contribution < -0.4 is 0 Å². The van der Waals surface area contributed by atoms with Crippen LogP contribution in [0.3, 0.4) is 0 Å². The minimum Gasteiger partial charge on any atom is -0.571 e. The number of carbonyl (C=O) groups is 1. The van der Waals surface area contributed by atoms with Crippen LogP contribution in [0.1, 0.15) is 24.2 Å². The van der Waals surface area contributed by atoms with Crippen molar-refractivity contribution in [1.29, 1.82) is 0 Å². The smallest absolute Gasteiger partial charge is 0.302 e. The lowest BCUT2D eigenvalue weighted by atomic mass is 9.97. The lowest BCUT2D eigenvalue weighted by molar-refractivity contribution is -0.353. The van der Waals surface area contributed by atoms with Gasteiger partial charge in [-0.15, -0.1) is 0 Å². The van der Waals surface area contributed by atoms with Crippen molar-refractivity contribution in [2.45, 2.75) is 68.3 Å². The van der Waals surface area contributed by atoms with E-state index in [1.807, 2.05) is 0 Å². The molecule has 2 fully saturated rings. The summed E-state index contributed by atoms with van der Waals surface area (Å²) >= 11 is 0. The van der Waals surface area contributed by atoms with Crippen LogP contribution in [0.2, 0.25) is 0 Å². The first-order valence-electron chi connectivity index (χ1n) is 13.5. The summed E-state index contributed by atoms with van der Waals surface area (Å²) in [4.78, 5) is 11.4. The van der Waals surface area contributed by atoms with Gasteiger partial charge in [0.2, 0.25) is 6.29 Å². The largest absolute Gasteiger partial charge is 0.571 e. The van der Waals surface area contributed by atoms with Crippen LogP contribution in [0, 0.1) is 0 Å². The Labute approximate surface area is 249 Å². The highest BCUT2D eigenvalue weighted by atomic mass is 16.8. The van der Waals surface area contributed by atoms with E-state index in [4.69, 9.17) is 23.7 Å². The van der Waals surface area contributed by atoms with E-state index in [2.05, 4.69) is 4.74 Å². The lowest BCUT2D eigenvalue weighted by Crippen LogP contribution is -2.63. The van der Waals surface area contributed by atoms with Crippen LogP contribution in [-0.2, 0) is 28.5 Å². The molecule has 3 aliphatic rings. The first-order valence-corrected chi connectivity index (χ1v) is 13.5. The molecule has 0 radical (unpaired) electrons. The van der Waals surface area contributed by atoms with Crippen LogP contribution in [0.15, 0.2) is 36.1 Å². The maximum Gasteiger partial charge on any atom is 0.302 e. The van der Waals surface area contributed by atoms with Gasteiger partial charge in [0, 0.05) is 19.1 Å². The van der Waals surface area contributed by atoms with Crippen molar-refractivity contribution in [3.05, 3.63) is 47.2 Å². The molecule has 44 heavy (non-hydrogen) atoms. The summed E-state index contributed by atoms with van der Waals surface area (Å²) in [5, 5.41) is 92.8. The molecule has 16 heteroatoms. The van der Waals surface area contributed by atoms with Gasteiger partial charge in [-0.25, -0.2) is 0 Å². The fourth-order valence-corrected chi connectivity index (χ4v) is 5.01. The fraction of sp³-hybridized carbons (Fsp3) is 0.464. The van der Waals surface area contributed by atoms with Gasteiger partial charge < -0.3 is 74.4 Å². The van der Waals surface area contributed by atoms with Gasteiger partial charge in [0.05, 0.1) is 18.2 Å². The van der Waals surface area contributed by atoms with E-state index in [0.717, 1.165) is 13.0 Å². The molecule has 0 aliphatic carbocycles. The van der Waals surface area contributed by atoms with Crippen LogP contribution in [0.5, 0.6) is 28.7 Å². The maximum absolute atomic E-state index is 11.4. The molecule has 1 unspecified atom stereocenters. The maximum atomic E-state index is 11.4. The molecular weight excluding hydrogens is 592 g/mol. The number of phenols is 4. The third kappa shape index (κ3) is 6.33. The van der Waals surface area contributed by atoms with Gasteiger partial charge in [0.1, 0.15) is 60.3 Å². The number of hydrogen-bond acceptors (Lipinski definition) is 15. The second-order valence-electron chi connectivity index (χ2n) is 10.5. The number of fused-ring (bicyclic) bond motifs is 1. The summed E-state index contributed by atoms with van der Waals surface area (Å²) in [5.41, 5.74) is 0.388. The number of carbonyl (C=O) groups excluding carboxylic acids is 1. The zero-order valence-electron chi connectivity index (χ0n) is 23.1. The molecule has 3 heterocycles. The molecule has 16 nitrogen and oxygen atoms in total. The molecule has 3 aliphatic heterocycles. The molecular formula is C28H33O16+. The summed E-state index contributed by atoms with van der Waals surface area (Å²) in [7, 11) is 0. The van der Waals surface area contributed by atoms with Gasteiger partial charge in [-0.3, -0.25) is 4.79 Å². The molecule has 2 aromatic carbocycles. The zero-order valence-corrected chi connectivity index (χ0v) is 23.1. The molecule has 2 aromatic rings. The van der Waals surface area contributed by atoms with E-state index in [9.17, 15) is 50.8 Å². The van der Waals surface area contributed by atoms with Crippen LogP contribution >= 0.6 is 0 Å². The molecule has 0 spiro atoms. The third-order valence-electron chi connectivity index (χ3n) is 7.35. The van der Waals surface area contributed by atoms with Gasteiger partial charge in [-0.1, -0.05) is 0 Å². The van der Waals surface area contributed by atoms with Crippen molar-refractivity contribution in [3.8, 4) is 28.7 Å². The van der Waals surface area contributed by atoms with E-state index >= 15 is 0 Å². The highest BCUT2D eigenvalue weighted by Gasteiger charge is 2.51. The fourth-order valence-electron chi connectivity index (χ4n) is 5.01.